The molecule has 1 aromatic heterocycles. The largest absolute Gasteiger partial charge is 0.422 e. The maximum absolute atomic E-state index is 9.72. The van der Waals surface area contributed by atoms with Crippen LogP contribution in [0.5, 0.6) is 5.88 Å². The van der Waals surface area contributed by atoms with Crippen molar-refractivity contribution in [1.82, 2.24) is 9.78 Å². The molecule has 0 saturated heterocycles. The van der Waals surface area contributed by atoms with Crippen LogP contribution in [0.15, 0.2) is 60.0 Å². The van der Waals surface area contributed by atoms with E-state index in [1.165, 1.54) is 0 Å². The van der Waals surface area contributed by atoms with Crippen LogP contribution in [0.3, 0.4) is 0 Å². The van der Waals surface area contributed by atoms with Crippen LogP contribution in [0.1, 0.15) is 22.7 Å². The van der Waals surface area contributed by atoms with Gasteiger partial charge < -0.3 is 10.5 Å². The molecule has 27 heavy (non-hydrogen) atoms. The molecule has 2 heterocycles. The summed E-state index contributed by atoms with van der Waals surface area (Å²) in [6, 6.07) is 17.0. The fraction of sp³-hybridized carbons (Fsp3) is 0.100. The molecule has 0 aliphatic carbocycles. The van der Waals surface area contributed by atoms with Crippen molar-refractivity contribution in [2.24, 2.45) is 5.73 Å². The molecular formula is C20H14Cl2N4O. The van der Waals surface area contributed by atoms with Crippen molar-refractivity contribution in [3.8, 4) is 17.6 Å². The van der Waals surface area contributed by atoms with Gasteiger partial charge in [-0.25, -0.2) is 4.68 Å². The number of halogens is 2. The van der Waals surface area contributed by atoms with Crippen LogP contribution < -0.4 is 10.5 Å². The predicted molar refractivity (Wildman–Crippen MR) is 104 cm³/mol. The second kappa shape index (κ2) is 6.66. The number of rotatable bonds is 2. The minimum atomic E-state index is -0.512. The number of aryl methyl sites for hydroxylation is 1. The Labute approximate surface area is 166 Å². The van der Waals surface area contributed by atoms with E-state index in [1.807, 2.05) is 43.3 Å². The maximum Gasteiger partial charge on any atom is 0.229 e. The molecule has 0 amide bonds. The third kappa shape index (κ3) is 2.74. The lowest BCUT2D eigenvalue weighted by atomic mass is 9.84. The number of fused-ring (bicyclic) bond motifs is 1. The third-order valence-corrected chi connectivity index (χ3v) is 5.36. The summed E-state index contributed by atoms with van der Waals surface area (Å²) in [6.45, 7) is 1.86. The highest BCUT2D eigenvalue weighted by molar-refractivity contribution is 6.42. The van der Waals surface area contributed by atoms with Crippen LogP contribution in [0.25, 0.3) is 5.69 Å². The Morgan fingerprint density at radius 2 is 1.89 bits per heavy atom. The van der Waals surface area contributed by atoms with Gasteiger partial charge in [-0.05, 0) is 30.7 Å². The van der Waals surface area contributed by atoms with Gasteiger partial charge in [-0.15, -0.1) is 0 Å². The van der Waals surface area contributed by atoms with Crippen molar-refractivity contribution in [2.75, 3.05) is 0 Å². The summed E-state index contributed by atoms with van der Waals surface area (Å²) in [5.41, 5.74) is 9.35. The van der Waals surface area contributed by atoms with Gasteiger partial charge in [0.25, 0.3) is 0 Å². The molecular weight excluding hydrogens is 383 g/mol. The van der Waals surface area contributed by atoms with Crippen LogP contribution >= 0.6 is 23.2 Å². The number of ether oxygens (including phenoxy) is 1. The molecule has 0 bridgehead atoms. The highest BCUT2D eigenvalue weighted by Gasteiger charge is 2.37. The maximum atomic E-state index is 9.72. The highest BCUT2D eigenvalue weighted by atomic mass is 35.5. The zero-order valence-electron chi connectivity index (χ0n) is 14.3. The Hall–Kier alpha value is -2.94. The van der Waals surface area contributed by atoms with Gasteiger partial charge in [0.05, 0.1) is 32.9 Å². The van der Waals surface area contributed by atoms with Crippen molar-refractivity contribution in [3.05, 3.63) is 86.9 Å². The Morgan fingerprint density at radius 3 is 2.59 bits per heavy atom. The monoisotopic (exact) mass is 396 g/mol. The normalized spacial score (nSPS) is 15.9. The quantitative estimate of drug-likeness (QED) is 0.680. The smallest absolute Gasteiger partial charge is 0.229 e. The molecule has 2 N–H and O–H groups in total. The molecule has 7 heteroatoms. The van der Waals surface area contributed by atoms with Gasteiger partial charge in [-0.2, -0.15) is 10.4 Å². The fourth-order valence-electron chi connectivity index (χ4n) is 3.31. The van der Waals surface area contributed by atoms with Crippen molar-refractivity contribution >= 4 is 23.2 Å². The molecule has 1 aliphatic heterocycles. The van der Waals surface area contributed by atoms with Crippen molar-refractivity contribution in [1.29, 1.82) is 5.26 Å². The van der Waals surface area contributed by atoms with Gasteiger partial charge in [0.2, 0.25) is 11.8 Å². The average molecular weight is 397 g/mol. The molecule has 4 rings (SSSR count). The molecule has 5 nitrogen and oxygen atoms in total. The number of hydrogen-bond donors (Lipinski definition) is 1. The molecule has 134 valence electrons. The summed E-state index contributed by atoms with van der Waals surface area (Å²) in [5, 5.41) is 15.1. The lowest BCUT2D eigenvalue weighted by Crippen LogP contribution is -2.22. The van der Waals surface area contributed by atoms with Crippen LogP contribution in [-0.2, 0) is 0 Å². The SMILES string of the molecule is Cc1nn(-c2ccccc2)c2c1[C@H](c1cccc(Cl)c1Cl)C(C#N)=C(N)O2. The van der Waals surface area contributed by atoms with Crippen LogP contribution in [-0.4, -0.2) is 9.78 Å². The topological polar surface area (TPSA) is 76.9 Å². The van der Waals surface area contributed by atoms with Gasteiger partial charge in [-0.3, -0.25) is 0 Å². The van der Waals surface area contributed by atoms with Crippen LogP contribution in [0.2, 0.25) is 10.0 Å². The Kier molecular flexibility index (Phi) is 4.31. The standard InChI is InChI=1S/C20H14Cl2N4O/c1-11-16-17(13-8-5-9-15(21)18(13)22)14(10-23)19(24)27-20(16)26(25-11)12-6-3-2-4-7-12/h2-9,17H,24H2,1H3/t17-/m1/s1. The van der Waals surface area contributed by atoms with E-state index in [0.717, 1.165) is 16.9 Å². The number of benzene rings is 2. The summed E-state index contributed by atoms with van der Waals surface area (Å²) in [4.78, 5) is 0. The molecule has 0 radical (unpaired) electrons. The molecule has 3 aromatic rings. The number of para-hydroxylation sites is 1. The van der Waals surface area contributed by atoms with Crippen molar-refractivity contribution < 1.29 is 4.74 Å². The fourth-order valence-corrected chi connectivity index (χ4v) is 3.73. The van der Waals surface area contributed by atoms with E-state index < -0.39 is 5.92 Å². The van der Waals surface area contributed by atoms with E-state index in [9.17, 15) is 5.26 Å². The summed E-state index contributed by atoms with van der Waals surface area (Å²) in [5.74, 6) is -0.0122. The summed E-state index contributed by atoms with van der Waals surface area (Å²) < 4.78 is 7.50. The molecule has 1 atom stereocenters. The lowest BCUT2D eigenvalue weighted by molar-refractivity contribution is 0.367. The van der Waals surface area contributed by atoms with Crippen molar-refractivity contribution in [3.63, 3.8) is 0 Å². The van der Waals surface area contributed by atoms with E-state index >= 15 is 0 Å². The molecule has 0 saturated carbocycles. The Balaban J connectivity index is 2.00. The first kappa shape index (κ1) is 17.5. The minimum absolute atomic E-state index is 0.0307. The van der Waals surface area contributed by atoms with E-state index in [2.05, 4.69) is 11.2 Å². The van der Waals surface area contributed by atoms with Crippen LogP contribution in [0.4, 0.5) is 0 Å². The molecule has 0 spiro atoms. The number of nitriles is 1. The van der Waals surface area contributed by atoms with Crippen LogP contribution in [0, 0.1) is 18.3 Å². The number of allylic oxidation sites excluding steroid dienone is 1. The van der Waals surface area contributed by atoms with Gasteiger partial charge in [0.1, 0.15) is 11.6 Å². The molecule has 2 aromatic carbocycles. The van der Waals surface area contributed by atoms with E-state index in [4.69, 9.17) is 33.7 Å². The van der Waals surface area contributed by atoms with E-state index in [0.29, 0.717) is 21.5 Å². The van der Waals surface area contributed by atoms with Crippen molar-refractivity contribution in [2.45, 2.75) is 12.8 Å². The molecule has 0 fully saturated rings. The Bertz CT molecular complexity index is 1110. The number of nitrogens with two attached hydrogens (primary N) is 1. The number of hydrogen-bond acceptors (Lipinski definition) is 4. The van der Waals surface area contributed by atoms with Gasteiger partial charge in [0.15, 0.2) is 0 Å². The Morgan fingerprint density at radius 1 is 1.15 bits per heavy atom. The summed E-state index contributed by atoms with van der Waals surface area (Å²) >= 11 is 12.7. The first-order chi connectivity index (χ1) is 13.0. The van der Waals surface area contributed by atoms with Gasteiger partial charge in [-0.1, -0.05) is 53.5 Å². The zero-order valence-corrected chi connectivity index (χ0v) is 15.8. The zero-order chi connectivity index (χ0) is 19.1. The second-order valence-electron chi connectivity index (χ2n) is 6.12. The number of nitrogens with zero attached hydrogens (tertiary/aromatic N) is 3. The average Bonchev–Trinajstić information content (AvgIpc) is 3.00. The minimum Gasteiger partial charge on any atom is -0.422 e. The second-order valence-corrected chi connectivity index (χ2v) is 6.90. The number of aromatic nitrogens is 2. The van der Waals surface area contributed by atoms with E-state index in [1.54, 1.807) is 16.8 Å². The summed E-state index contributed by atoms with van der Waals surface area (Å²) in [7, 11) is 0. The van der Waals surface area contributed by atoms with Gasteiger partial charge >= 0.3 is 0 Å². The third-order valence-electron chi connectivity index (χ3n) is 4.53. The first-order valence-corrected chi connectivity index (χ1v) is 8.95. The molecule has 1 aliphatic rings. The summed E-state index contributed by atoms with van der Waals surface area (Å²) in [6.07, 6.45) is 0. The highest BCUT2D eigenvalue weighted by Crippen LogP contribution is 2.47. The van der Waals surface area contributed by atoms with E-state index in [-0.39, 0.29) is 11.5 Å². The molecule has 0 unspecified atom stereocenters. The van der Waals surface area contributed by atoms with Gasteiger partial charge in [0, 0.05) is 0 Å². The first-order valence-electron chi connectivity index (χ1n) is 8.19. The lowest BCUT2D eigenvalue weighted by Gasteiger charge is -2.25. The predicted octanol–water partition coefficient (Wildman–Crippen LogP) is 4.71.